The SMILES string of the molecule is CCOC(=O)c1sc2nc(SCc3ccccc3C)n(Cc3ccc4c(c3)OCO4)c(=O)c2c1C. The van der Waals surface area contributed by atoms with E-state index in [1.807, 2.05) is 30.3 Å². The molecule has 0 spiro atoms. The lowest BCUT2D eigenvalue weighted by Crippen LogP contribution is -2.24. The second-order valence-electron chi connectivity index (χ2n) is 8.15. The molecule has 1 aliphatic heterocycles. The van der Waals surface area contributed by atoms with E-state index in [0.29, 0.717) is 49.6 Å². The number of benzene rings is 2. The number of thioether (sulfide) groups is 1. The van der Waals surface area contributed by atoms with Crippen LogP contribution in [0.4, 0.5) is 0 Å². The third kappa shape index (κ3) is 4.53. The van der Waals surface area contributed by atoms with Crippen LogP contribution >= 0.6 is 23.1 Å². The first-order valence-electron chi connectivity index (χ1n) is 11.2. The summed E-state index contributed by atoms with van der Waals surface area (Å²) in [5.74, 6) is 1.59. The maximum Gasteiger partial charge on any atom is 0.348 e. The Morgan fingerprint density at radius 2 is 1.97 bits per heavy atom. The molecule has 0 saturated heterocycles. The number of carbonyl (C=O) groups is 1. The van der Waals surface area contributed by atoms with Crippen LogP contribution in [0.15, 0.2) is 52.4 Å². The monoisotopic (exact) mass is 508 g/mol. The van der Waals surface area contributed by atoms with Crippen molar-refractivity contribution in [2.75, 3.05) is 13.4 Å². The minimum Gasteiger partial charge on any atom is -0.462 e. The van der Waals surface area contributed by atoms with Crippen molar-refractivity contribution in [3.63, 3.8) is 0 Å². The number of carbonyl (C=O) groups excluding carboxylic acids is 1. The third-order valence-electron chi connectivity index (χ3n) is 5.87. The van der Waals surface area contributed by atoms with Gasteiger partial charge in [0.25, 0.3) is 5.56 Å². The van der Waals surface area contributed by atoms with Gasteiger partial charge < -0.3 is 14.2 Å². The molecule has 0 atom stereocenters. The fraction of sp³-hybridized carbons (Fsp3) is 0.269. The Morgan fingerprint density at radius 1 is 1.17 bits per heavy atom. The fourth-order valence-electron chi connectivity index (χ4n) is 3.98. The zero-order valence-corrected chi connectivity index (χ0v) is 21.3. The van der Waals surface area contributed by atoms with Gasteiger partial charge in [-0.1, -0.05) is 42.1 Å². The Labute approximate surface area is 210 Å². The second-order valence-corrected chi connectivity index (χ2v) is 10.1. The Hall–Kier alpha value is -3.30. The lowest BCUT2D eigenvalue weighted by Gasteiger charge is -2.13. The quantitative estimate of drug-likeness (QED) is 0.190. The van der Waals surface area contributed by atoms with Crippen LogP contribution in [0.3, 0.4) is 0 Å². The molecule has 0 radical (unpaired) electrons. The van der Waals surface area contributed by atoms with E-state index in [4.69, 9.17) is 19.2 Å². The topological polar surface area (TPSA) is 79.7 Å². The Bertz CT molecular complexity index is 1490. The normalized spacial score (nSPS) is 12.3. The van der Waals surface area contributed by atoms with Crippen LogP contribution in [0.2, 0.25) is 0 Å². The minimum atomic E-state index is -0.427. The van der Waals surface area contributed by atoms with Crippen LogP contribution < -0.4 is 15.0 Å². The van der Waals surface area contributed by atoms with Crippen LogP contribution in [0, 0.1) is 13.8 Å². The van der Waals surface area contributed by atoms with Gasteiger partial charge in [0.2, 0.25) is 6.79 Å². The highest BCUT2D eigenvalue weighted by Crippen LogP contribution is 2.34. The van der Waals surface area contributed by atoms with E-state index in [-0.39, 0.29) is 19.0 Å². The first kappa shape index (κ1) is 23.4. The van der Waals surface area contributed by atoms with Crippen molar-refractivity contribution in [3.05, 3.63) is 79.9 Å². The molecule has 2 aromatic heterocycles. The molecular weight excluding hydrogens is 484 g/mol. The molecule has 5 rings (SSSR count). The average Bonchev–Trinajstić information content (AvgIpc) is 3.44. The Kier molecular flexibility index (Phi) is 6.53. The maximum atomic E-state index is 13.8. The molecule has 4 aromatic rings. The predicted molar refractivity (Wildman–Crippen MR) is 137 cm³/mol. The zero-order chi connectivity index (χ0) is 24.5. The molecule has 0 unspecified atom stereocenters. The number of rotatable bonds is 7. The van der Waals surface area contributed by atoms with Gasteiger partial charge in [0.1, 0.15) is 9.71 Å². The van der Waals surface area contributed by atoms with Crippen LogP contribution in [-0.4, -0.2) is 28.9 Å². The van der Waals surface area contributed by atoms with Gasteiger partial charge in [-0.25, -0.2) is 9.78 Å². The molecule has 0 bridgehead atoms. The van der Waals surface area contributed by atoms with E-state index in [1.54, 1.807) is 18.4 Å². The summed E-state index contributed by atoms with van der Waals surface area (Å²) in [6.45, 7) is 6.38. The Balaban J connectivity index is 1.59. The first-order chi connectivity index (χ1) is 17.0. The van der Waals surface area contributed by atoms with Crippen molar-refractivity contribution in [3.8, 4) is 11.5 Å². The number of fused-ring (bicyclic) bond motifs is 2. The van der Waals surface area contributed by atoms with Gasteiger partial charge in [0.15, 0.2) is 16.7 Å². The van der Waals surface area contributed by atoms with Crippen molar-refractivity contribution in [1.29, 1.82) is 0 Å². The zero-order valence-electron chi connectivity index (χ0n) is 19.6. The number of thiophene rings is 1. The number of aryl methyl sites for hydroxylation is 2. The number of hydrogen-bond donors (Lipinski definition) is 0. The Morgan fingerprint density at radius 3 is 2.77 bits per heavy atom. The summed E-state index contributed by atoms with van der Waals surface area (Å²) in [6, 6.07) is 13.8. The van der Waals surface area contributed by atoms with Crippen molar-refractivity contribution in [1.82, 2.24) is 9.55 Å². The van der Waals surface area contributed by atoms with Crippen LogP contribution in [0.1, 0.15) is 38.8 Å². The lowest BCUT2D eigenvalue weighted by atomic mass is 10.1. The van der Waals surface area contributed by atoms with Gasteiger partial charge >= 0.3 is 5.97 Å². The van der Waals surface area contributed by atoms with Crippen molar-refractivity contribution in [2.45, 2.75) is 38.2 Å². The molecule has 35 heavy (non-hydrogen) atoms. The largest absolute Gasteiger partial charge is 0.462 e. The number of hydrogen-bond acceptors (Lipinski definition) is 8. The number of ether oxygens (including phenoxy) is 3. The second kappa shape index (κ2) is 9.75. The van der Waals surface area contributed by atoms with Gasteiger partial charge in [-0.05, 0) is 55.2 Å². The summed E-state index contributed by atoms with van der Waals surface area (Å²) < 4.78 is 17.8. The molecule has 1 aliphatic rings. The molecule has 7 nitrogen and oxygen atoms in total. The summed E-state index contributed by atoms with van der Waals surface area (Å²) in [6.07, 6.45) is 0. The molecule has 0 aliphatic carbocycles. The van der Waals surface area contributed by atoms with Gasteiger partial charge in [-0.2, -0.15) is 0 Å². The smallest absolute Gasteiger partial charge is 0.348 e. The standard InChI is InChI=1S/C26H24N2O5S2/c1-4-31-25(30)22-16(3)21-23(35-22)27-26(34-13-18-8-6-5-7-15(18)2)28(24(21)29)12-17-9-10-19-20(11-17)33-14-32-19/h5-11H,4,12-14H2,1-3H3. The van der Waals surface area contributed by atoms with Gasteiger partial charge in [0, 0.05) is 5.75 Å². The minimum absolute atomic E-state index is 0.177. The molecular formula is C26H24N2O5S2. The molecule has 180 valence electrons. The van der Waals surface area contributed by atoms with Crippen molar-refractivity contribution in [2.24, 2.45) is 0 Å². The lowest BCUT2D eigenvalue weighted by molar-refractivity contribution is 0.0531. The third-order valence-corrected chi connectivity index (χ3v) is 8.06. The van der Waals surface area contributed by atoms with Gasteiger partial charge in [-0.3, -0.25) is 9.36 Å². The highest BCUT2D eigenvalue weighted by Gasteiger charge is 2.23. The molecule has 0 saturated carbocycles. The van der Waals surface area contributed by atoms with Crippen LogP contribution in [-0.2, 0) is 17.0 Å². The number of aromatic nitrogens is 2. The van der Waals surface area contributed by atoms with Gasteiger partial charge in [0.05, 0.1) is 18.5 Å². The molecule has 3 heterocycles. The van der Waals surface area contributed by atoms with Crippen molar-refractivity contribution < 1.29 is 19.0 Å². The van der Waals surface area contributed by atoms with E-state index in [9.17, 15) is 9.59 Å². The summed E-state index contributed by atoms with van der Waals surface area (Å²) >= 11 is 2.72. The maximum absolute atomic E-state index is 13.8. The van der Waals surface area contributed by atoms with Crippen LogP contribution in [0.5, 0.6) is 11.5 Å². The number of nitrogens with zero attached hydrogens (tertiary/aromatic N) is 2. The summed E-state index contributed by atoms with van der Waals surface area (Å²) in [5, 5.41) is 1.05. The van der Waals surface area contributed by atoms with E-state index in [0.717, 1.165) is 5.56 Å². The van der Waals surface area contributed by atoms with E-state index < -0.39 is 5.97 Å². The molecule has 9 heteroatoms. The fourth-order valence-corrected chi connectivity index (χ4v) is 6.17. The highest BCUT2D eigenvalue weighted by atomic mass is 32.2. The predicted octanol–water partition coefficient (Wildman–Crippen LogP) is 5.32. The van der Waals surface area contributed by atoms with Crippen molar-refractivity contribution >= 4 is 39.3 Å². The van der Waals surface area contributed by atoms with E-state index in [2.05, 4.69) is 19.1 Å². The van der Waals surface area contributed by atoms with E-state index in [1.165, 1.54) is 34.2 Å². The summed E-state index contributed by atoms with van der Waals surface area (Å²) in [7, 11) is 0. The average molecular weight is 509 g/mol. The molecule has 0 amide bonds. The number of esters is 1. The molecule has 0 N–H and O–H groups in total. The highest BCUT2D eigenvalue weighted by molar-refractivity contribution is 7.98. The van der Waals surface area contributed by atoms with Gasteiger partial charge in [-0.15, -0.1) is 11.3 Å². The van der Waals surface area contributed by atoms with Crippen LogP contribution in [0.25, 0.3) is 10.2 Å². The molecule has 0 fully saturated rings. The van der Waals surface area contributed by atoms with E-state index >= 15 is 0 Å². The first-order valence-corrected chi connectivity index (χ1v) is 13.0. The molecule has 2 aromatic carbocycles. The summed E-state index contributed by atoms with van der Waals surface area (Å²) in [5.41, 5.74) is 3.69. The summed E-state index contributed by atoms with van der Waals surface area (Å²) in [4.78, 5) is 32.1.